The second-order valence-corrected chi connectivity index (χ2v) is 6.35. The molecular weight excluding hydrogens is 332 g/mol. The number of pyridine rings is 1. The van der Waals surface area contributed by atoms with Crippen LogP contribution < -0.4 is 16.4 Å². The highest BCUT2D eigenvalue weighted by Gasteiger charge is 2.28. The summed E-state index contributed by atoms with van der Waals surface area (Å²) in [7, 11) is 0. The molecule has 2 aromatic rings. The van der Waals surface area contributed by atoms with Crippen molar-refractivity contribution in [2.24, 2.45) is 5.92 Å². The van der Waals surface area contributed by atoms with E-state index in [0.29, 0.717) is 25.5 Å². The van der Waals surface area contributed by atoms with Crippen molar-refractivity contribution in [3.05, 3.63) is 24.0 Å². The topological polar surface area (TPSA) is 120 Å². The van der Waals surface area contributed by atoms with Crippen LogP contribution >= 0.6 is 0 Å². The number of rotatable bonds is 4. The molecule has 1 aliphatic heterocycles. The van der Waals surface area contributed by atoms with Crippen LogP contribution in [0.25, 0.3) is 11.1 Å². The number of carbonyl (C=O) groups excluding carboxylic acids is 1. The summed E-state index contributed by atoms with van der Waals surface area (Å²) in [5.41, 5.74) is 14.2. The second kappa shape index (κ2) is 7.55. The fourth-order valence-corrected chi connectivity index (χ4v) is 3.29. The van der Waals surface area contributed by atoms with Gasteiger partial charge in [0.15, 0.2) is 0 Å². The molecule has 1 saturated heterocycles. The molecule has 1 aliphatic rings. The standard InChI is InChI=1S/C18H24N6O2/c1-3-26-17(25)12-6-8-24(9-7-12)16-15(11(2)22-18(20)23-16)13-4-5-14(19)21-10-13/h4-5,10,12H,3,6-9H2,1-2H3,(H2,19,21)(H2,20,22,23). The van der Waals surface area contributed by atoms with Crippen LogP contribution in [0.5, 0.6) is 0 Å². The van der Waals surface area contributed by atoms with Gasteiger partial charge in [0.2, 0.25) is 5.95 Å². The summed E-state index contributed by atoms with van der Waals surface area (Å²) < 4.78 is 5.14. The zero-order valence-corrected chi connectivity index (χ0v) is 15.1. The van der Waals surface area contributed by atoms with Crippen LogP contribution in [0.15, 0.2) is 18.3 Å². The number of esters is 1. The van der Waals surface area contributed by atoms with E-state index >= 15 is 0 Å². The lowest BCUT2D eigenvalue weighted by Crippen LogP contribution is -2.38. The van der Waals surface area contributed by atoms with E-state index in [4.69, 9.17) is 16.2 Å². The minimum atomic E-state index is -0.117. The van der Waals surface area contributed by atoms with Crippen LogP contribution in [0, 0.1) is 12.8 Å². The van der Waals surface area contributed by atoms with Gasteiger partial charge in [-0.25, -0.2) is 9.97 Å². The predicted molar refractivity (Wildman–Crippen MR) is 100 cm³/mol. The van der Waals surface area contributed by atoms with Crippen molar-refractivity contribution in [1.82, 2.24) is 15.0 Å². The lowest BCUT2D eigenvalue weighted by atomic mass is 9.96. The van der Waals surface area contributed by atoms with Crippen molar-refractivity contribution in [1.29, 1.82) is 0 Å². The van der Waals surface area contributed by atoms with Crippen molar-refractivity contribution >= 4 is 23.6 Å². The van der Waals surface area contributed by atoms with Gasteiger partial charge in [-0.3, -0.25) is 4.79 Å². The number of nitrogens with zero attached hydrogens (tertiary/aromatic N) is 4. The average molecular weight is 356 g/mol. The molecule has 0 unspecified atom stereocenters. The number of nitrogen functional groups attached to an aromatic ring is 2. The first-order valence-electron chi connectivity index (χ1n) is 8.77. The van der Waals surface area contributed by atoms with Gasteiger partial charge in [-0.15, -0.1) is 0 Å². The van der Waals surface area contributed by atoms with Gasteiger partial charge in [0, 0.05) is 30.4 Å². The number of hydrogen-bond donors (Lipinski definition) is 2. The Bertz CT molecular complexity index is 785. The van der Waals surface area contributed by atoms with Crippen LogP contribution in [-0.2, 0) is 9.53 Å². The first kappa shape index (κ1) is 17.9. The fourth-order valence-electron chi connectivity index (χ4n) is 3.29. The Labute approximate surface area is 152 Å². The van der Waals surface area contributed by atoms with Crippen LogP contribution in [-0.4, -0.2) is 40.6 Å². The summed E-state index contributed by atoms with van der Waals surface area (Å²) >= 11 is 0. The van der Waals surface area contributed by atoms with Crippen molar-refractivity contribution in [3.63, 3.8) is 0 Å². The van der Waals surface area contributed by atoms with Gasteiger partial charge < -0.3 is 21.1 Å². The predicted octanol–water partition coefficient (Wildman–Crippen LogP) is 1.79. The molecule has 138 valence electrons. The highest BCUT2D eigenvalue weighted by molar-refractivity contribution is 5.79. The molecule has 0 saturated carbocycles. The van der Waals surface area contributed by atoms with Gasteiger partial charge in [0.05, 0.1) is 18.2 Å². The Morgan fingerprint density at radius 1 is 1.27 bits per heavy atom. The molecular formula is C18H24N6O2. The first-order chi connectivity index (χ1) is 12.5. The van der Waals surface area contributed by atoms with Crippen LogP contribution in [0.1, 0.15) is 25.5 Å². The summed E-state index contributed by atoms with van der Waals surface area (Å²) in [4.78, 5) is 27.1. The largest absolute Gasteiger partial charge is 0.466 e. The van der Waals surface area contributed by atoms with E-state index < -0.39 is 0 Å². The summed E-state index contributed by atoms with van der Waals surface area (Å²) in [5, 5.41) is 0. The van der Waals surface area contributed by atoms with Crippen LogP contribution in [0.2, 0.25) is 0 Å². The quantitative estimate of drug-likeness (QED) is 0.796. The molecule has 26 heavy (non-hydrogen) atoms. The third-order valence-electron chi connectivity index (χ3n) is 4.58. The summed E-state index contributed by atoms with van der Waals surface area (Å²) in [5.74, 6) is 1.28. The SMILES string of the molecule is CCOC(=O)C1CCN(c2nc(N)nc(C)c2-c2ccc(N)nc2)CC1. The van der Waals surface area contributed by atoms with E-state index in [9.17, 15) is 4.79 Å². The van der Waals surface area contributed by atoms with Crippen molar-refractivity contribution in [2.45, 2.75) is 26.7 Å². The lowest BCUT2D eigenvalue weighted by molar-refractivity contribution is -0.148. The monoisotopic (exact) mass is 356 g/mol. The minimum Gasteiger partial charge on any atom is -0.466 e. The van der Waals surface area contributed by atoms with Crippen LogP contribution in [0.4, 0.5) is 17.6 Å². The minimum absolute atomic E-state index is 0.0619. The normalized spacial score (nSPS) is 15.1. The molecule has 4 N–H and O–H groups in total. The molecule has 0 aliphatic carbocycles. The molecule has 3 heterocycles. The van der Waals surface area contributed by atoms with E-state index in [-0.39, 0.29) is 17.8 Å². The number of ether oxygens (including phenoxy) is 1. The number of aromatic nitrogens is 3. The van der Waals surface area contributed by atoms with Crippen molar-refractivity contribution < 1.29 is 9.53 Å². The maximum Gasteiger partial charge on any atom is 0.309 e. The third kappa shape index (κ3) is 3.68. The number of aryl methyl sites for hydroxylation is 1. The molecule has 1 fully saturated rings. The zero-order valence-electron chi connectivity index (χ0n) is 15.1. The average Bonchev–Trinajstić information content (AvgIpc) is 2.62. The molecule has 0 aromatic carbocycles. The van der Waals surface area contributed by atoms with E-state index in [0.717, 1.165) is 35.5 Å². The number of nitrogens with two attached hydrogens (primary N) is 2. The van der Waals surface area contributed by atoms with Crippen LogP contribution in [0.3, 0.4) is 0 Å². The highest BCUT2D eigenvalue weighted by atomic mass is 16.5. The summed E-state index contributed by atoms with van der Waals surface area (Å²) in [6.45, 7) is 5.55. The molecule has 0 radical (unpaired) electrons. The number of piperidine rings is 1. The fraction of sp³-hybridized carbons (Fsp3) is 0.444. The van der Waals surface area contributed by atoms with Crippen molar-refractivity contribution in [2.75, 3.05) is 36.1 Å². The van der Waals surface area contributed by atoms with Gasteiger partial charge in [-0.1, -0.05) is 0 Å². The van der Waals surface area contributed by atoms with E-state index in [1.807, 2.05) is 19.9 Å². The number of hydrogen-bond acceptors (Lipinski definition) is 8. The Morgan fingerprint density at radius 3 is 2.62 bits per heavy atom. The highest BCUT2D eigenvalue weighted by Crippen LogP contribution is 2.34. The van der Waals surface area contributed by atoms with E-state index in [1.165, 1.54) is 0 Å². The second-order valence-electron chi connectivity index (χ2n) is 6.35. The zero-order chi connectivity index (χ0) is 18.7. The molecule has 0 atom stereocenters. The number of anilines is 3. The molecule has 8 heteroatoms. The van der Waals surface area contributed by atoms with Gasteiger partial charge >= 0.3 is 5.97 Å². The van der Waals surface area contributed by atoms with Gasteiger partial charge in [0.25, 0.3) is 0 Å². The van der Waals surface area contributed by atoms with Crippen molar-refractivity contribution in [3.8, 4) is 11.1 Å². The summed E-state index contributed by atoms with van der Waals surface area (Å²) in [6.07, 6.45) is 3.16. The number of carbonyl (C=O) groups is 1. The maximum atomic E-state index is 12.0. The smallest absolute Gasteiger partial charge is 0.309 e. The van der Waals surface area contributed by atoms with Gasteiger partial charge in [0.1, 0.15) is 11.6 Å². The lowest BCUT2D eigenvalue weighted by Gasteiger charge is -2.33. The van der Waals surface area contributed by atoms with Gasteiger partial charge in [-0.2, -0.15) is 4.98 Å². The first-order valence-corrected chi connectivity index (χ1v) is 8.77. The molecule has 3 rings (SSSR count). The molecule has 8 nitrogen and oxygen atoms in total. The summed E-state index contributed by atoms with van der Waals surface area (Å²) in [6, 6.07) is 3.65. The Kier molecular flexibility index (Phi) is 5.20. The van der Waals surface area contributed by atoms with E-state index in [1.54, 1.807) is 12.3 Å². The molecule has 0 amide bonds. The third-order valence-corrected chi connectivity index (χ3v) is 4.58. The molecule has 2 aromatic heterocycles. The van der Waals surface area contributed by atoms with Gasteiger partial charge in [-0.05, 0) is 38.8 Å². The Balaban J connectivity index is 1.88. The molecule has 0 bridgehead atoms. The molecule has 0 spiro atoms. The Hall–Kier alpha value is -2.90. The van der Waals surface area contributed by atoms with E-state index in [2.05, 4.69) is 19.9 Å². The maximum absolute atomic E-state index is 12.0. The Morgan fingerprint density at radius 2 is 2.00 bits per heavy atom.